The minimum absolute atomic E-state index is 0.0505. The van der Waals surface area contributed by atoms with Gasteiger partial charge in [0.1, 0.15) is 6.10 Å². The van der Waals surface area contributed by atoms with Gasteiger partial charge in [0.05, 0.1) is 13.2 Å². The molecule has 0 radical (unpaired) electrons. The van der Waals surface area contributed by atoms with Gasteiger partial charge >= 0.3 is 0 Å². The maximum Gasteiger partial charge on any atom is 0.155 e. The fourth-order valence-corrected chi connectivity index (χ4v) is 0.929. The van der Waals surface area contributed by atoms with Crippen LogP contribution in [0.25, 0.3) is 0 Å². The van der Waals surface area contributed by atoms with Crippen LogP contribution in [0.15, 0.2) is 0 Å². The van der Waals surface area contributed by atoms with E-state index in [1.54, 1.807) is 0 Å². The molecule has 0 saturated carbocycles. The summed E-state index contributed by atoms with van der Waals surface area (Å²) in [4.78, 5) is 0. The van der Waals surface area contributed by atoms with Crippen LogP contribution in [0.4, 0.5) is 0 Å². The standard InChI is InChI=1S/C7H14O3/c1-3-8-4-7-5-9-6(2)10-7/h6-7H,3-5H2,1-2H3. The molecular weight excluding hydrogens is 132 g/mol. The Labute approximate surface area is 61.3 Å². The first kappa shape index (κ1) is 7.98. The van der Waals surface area contributed by atoms with Crippen LogP contribution in [0, 0.1) is 0 Å². The molecule has 1 rings (SSSR count). The molecule has 0 N–H and O–H groups in total. The van der Waals surface area contributed by atoms with E-state index in [-0.39, 0.29) is 12.4 Å². The molecule has 2 unspecified atom stereocenters. The summed E-state index contributed by atoms with van der Waals surface area (Å²) in [5, 5.41) is 0. The molecule has 1 fully saturated rings. The van der Waals surface area contributed by atoms with Gasteiger partial charge in [0, 0.05) is 6.61 Å². The first-order valence-corrected chi connectivity index (χ1v) is 3.67. The van der Waals surface area contributed by atoms with E-state index in [2.05, 4.69) is 0 Å². The second-order valence-electron chi connectivity index (χ2n) is 2.32. The third-order valence-electron chi connectivity index (χ3n) is 1.41. The molecule has 1 saturated heterocycles. The molecular formula is C7H14O3. The lowest BCUT2D eigenvalue weighted by molar-refractivity contribution is -0.0573. The first-order valence-electron chi connectivity index (χ1n) is 3.67. The predicted octanol–water partition coefficient (Wildman–Crippen LogP) is 0.784. The highest BCUT2D eigenvalue weighted by Gasteiger charge is 2.21. The highest BCUT2D eigenvalue weighted by Crippen LogP contribution is 2.10. The van der Waals surface area contributed by atoms with Crippen LogP contribution >= 0.6 is 0 Å². The second-order valence-corrected chi connectivity index (χ2v) is 2.32. The highest BCUT2D eigenvalue weighted by atomic mass is 16.7. The van der Waals surface area contributed by atoms with Crippen LogP contribution < -0.4 is 0 Å². The summed E-state index contributed by atoms with van der Waals surface area (Å²) < 4.78 is 15.6. The number of ether oxygens (including phenoxy) is 3. The van der Waals surface area contributed by atoms with Crippen LogP contribution in [0.3, 0.4) is 0 Å². The molecule has 2 atom stereocenters. The number of rotatable bonds is 3. The van der Waals surface area contributed by atoms with Gasteiger partial charge in [-0.25, -0.2) is 0 Å². The van der Waals surface area contributed by atoms with Gasteiger partial charge in [0.25, 0.3) is 0 Å². The SMILES string of the molecule is CCOCC1COC(C)O1. The summed E-state index contributed by atoms with van der Waals surface area (Å²) >= 11 is 0. The van der Waals surface area contributed by atoms with Gasteiger partial charge in [-0.2, -0.15) is 0 Å². The van der Waals surface area contributed by atoms with Gasteiger partial charge in [0.15, 0.2) is 6.29 Å². The molecule has 1 aliphatic rings. The molecule has 0 aromatic heterocycles. The fourth-order valence-electron chi connectivity index (χ4n) is 0.929. The normalized spacial score (nSPS) is 33.0. The zero-order valence-electron chi connectivity index (χ0n) is 6.50. The van der Waals surface area contributed by atoms with E-state index in [1.165, 1.54) is 0 Å². The predicted molar refractivity (Wildman–Crippen MR) is 36.8 cm³/mol. The highest BCUT2D eigenvalue weighted by molar-refractivity contribution is 4.61. The van der Waals surface area contributed by atoms with Crippen LogP contribution in [-0.2, 0) is 14.2 Å². The largest absolute Gasteiger partial charge is 0.379 e. The lowest BCUT2D eigenvalue weighted by Crippen LogP contribution is -2.18. The fraction of sp³-hybridized carbons (Fsp3) is 1.00. The van der Waals surface area contributed by atoms with Crippen molar-refractivity contribution in [1.82, 2.24) is 0 Å². The van der Waals surface area contributed by atoms with E-state index < -0.39 is 0 Å². The zero-order valence-corrected chi connectivity index (χ0v) is 6.50. The van der Waals surface area contributed by atoms with Crippen molar-refractivity contribution in [3.63, 3.8) is 0 Å². The van der Waals surface area contributed by atoms with E-state index in [0.29, 0.717) is 13.2 Å². The maximum absolute atomic E-state index is 5.32. The van der Waals surface area contributed by atoms with Gasteiger partial charge in [-0.3, -0.25) is 0 Å². The minimum Gasteiger partial charge on any atom is -0.379 e. The third kappa shape index (κ3) is 2.25. The summed E-state index contributed by atoms with van der Waals surface area (Å²) in [5.41, 5.74) is 0. The lowest BCUT2D eigenvalue weighted by Gasteiger charge is -2.07. The van der Waals surface area contributed by atoms with Crippen molar-refractivity contribution in [2.45, 2.75) is 26.2 Å². The summed E-state index contributed by atoms with van der Waals surface area (Å²) in [6, 6.07) is 0. The Bertz CT molecular complexity index is 94.9. The summed E-state index contributed by atoms with van der Waals surface area (Å²) in [5.74, 6) is 0. The van der Waals surface area contributed by atoms with Crippen molar-refractivity contribution in [2.24, 2.45) is 0 Å². The van der Waals surface area contributed by atoms with Gasteiger partial charge in [-0.05, 0) is 13.8 Å². The van der Waals surface area contributed by atoms with Gasteiger partial charge in [-0.1, -0.05) is 0 Å². The van der Waals surface area contributed by atoms with E-state index >= 15 is 0 Å². The van der Waals surface area contributed by atoms with Crippen LogP contribution in [-0.4, -0.2) is 32.2 Å². The Morgan fingerprint density at radius 2 is 2.40 bits per heavy atom. The van der Waals surface area contributed by atoms with Crippen molar-refractivity contribution >= 4 is 0 Å². The topological polar surface area (TPSA) is 27.7 Å². The molecule has 1 heterocycles. The Morgan fingerprint density at radius 3 is 2.90 bits per heavy atom. The molecule has 0 bridgehead atoms. The van der Waals surface area contributed by atoms with Crippen LogP contribution in [0.2, 0.25) is 0 Å². The maximum atomic E-state index is 5.32. The van der Waals surface area contributed by atoms with E-state index in [9.17, 15) is 0 Å². The third-order valence-corrected chi connectivity index (χ3v) is 1.41. The average Bonchev–Trinajstić information content (AvgIpc) is 2.31. The molecule has 10 heavy (non-hydrogen) atoms. The first-order chi connectivity index (χ1) is 4.83. The zero-order chi connectivity index (χ0) is 7.40. The molecule has 0 aromatic rings. The Morgan fingerprint density at radius 1 is 1.60 bits per heavy atom. The molecule has 1 aliphatic heterocycles. The smallest absolute Gasteiger partial charge is 0.155 e. The molecule has 60 valence electrons. The summed E-state index contributed by atoms with van der Waals surface area (Å²) in [7, 11) is 0. The van der Waals surface area contributed by atoms with E-state index in [4.69, 9.17) is 14.2 Å². The summed E-state index contributed by atoms with van der Waals surface area (Å²) in [6.07, 6.45) is 0.0976. The second kappa shape index (κ2) is 3.91. The Balaban J connectivity index is 2.06. The Hall–Kier alpha value is -0.120. The molecule has 3 nitrogen and oxygen atoms in total. The molecule has 0 aliphatic carbocycles. The van der Waals surface area contributed by atoms with Crippen molar-refractivity contribution in [3.05, 3.63) is 0 Å². The number of hydrogen-bond donors (Lipinski definition) is 0. The van der Waals surface area contributed by atoms with Crippen LogP contribution in [0.5, 0.6) is 0 Å². The van der Waals surface area contributed by atoms with Gasteiger partial charge in [-0.15, -0.1) is 0 Å². The van der Waals surface area contributed by atoms with Crippen molar-refractivity contribution in [2.75, 3.05) is 19.8 Å². The van der Waals surface area contributed by atoms with Crippen LogP contribution in [0.1, 0.15) is 13.8 Å². The summed E-state index contributed by atoms with van der Waals surface area (Å²) in [6.45, 7) is 5.93. The lowest BCUT2D eigenvalue weighted by atomic mass is 10.4. The average molecular weight is 146 g/mol. The Kier molecular flexibility index (Phi) is 3.12. The molecule has 0 spiro atoms. The van der Waals surface area contributed by atoms with Crippen molar-refractivity contribution in [3.8, 4) is 0 Å². The quantitative estimate of drug-likeness (QED) is 0.589. The van der Waals surface area contributed by atoms with Crippen molar-refractivity contribution < 1.29 is 14.2 Å². The van der Waals surface area contributed by atoms with Gasteiger partial charge < -0.3 is 14.2 Å². The van der Waals surface area contributed by atoms with Crippen molar-refractivity contribution in [1.29, 1.82) is 0 Å². The van der Waals surface area contributed by atoms with E-state index in [0.717, 1.165) is 6.61 Å². The molecule has 0 amide bonds. The minimum atomic E-state index is -0.0505. The van der Waals surface area contributed by atoms with E-state index in [1.807, 2.05) is 13.8 Å². The molecule has 0 aromatic carbocycles. The number of hydrogen-bond acceptors (Lipinski definition) is 3. The van der Waals surface area contributed by atoms with Gasteiger partial charge in [0.2, 0.25) is 0 Å². The monoisotopic (exact) mass is 146 g/mol. The molecule has 3 heteroatoms.